The predicted molar refractivity (Wildman–Crippen MR) is 200 cm³/mol. The van der Waals surface area contributed by atoms with Crippen molar-refractivity contribution >= 4 is 23.4 Å². The van der Waals surface area contributed by atoms with Gasteiger partial charge in [-0.2, -0.15) is 5.10 Å². The van der Waals surface area contributed by atoms with Crippen molar-refractivity contribution in [1.29, 1.82) is 0 Å². The SMILES string of the molecule is Cc1c(C(=O)Nc2ccc(CNC(=O)c3ccc4n3CCN(Cc3ccc(C(=O)N(C)C)cc3)C43CCC3)cc2)cnn1C1CCN(C2CC2)CC1. The van der Waals surface area contributed by atoms with Gasteiger partial charge in [0.15, 0.2) is 0 Å². The number of nitrogens with one attached hydrogen (secondary N) is 2. The number of aromatic nitrogens is 3. The minimum atomic E-state index is -0.157. The fourth-order valence-corrected chi connectivity index (χ4v) is 8.58. The van der Waals surface area contributed by atoms with E-state index in [1.165, 1.54) is 30.5 Å². The molecule has 4 heterocycles. The molecule has 4 aliphatic rings. The highest BCUT2D eigenvalue weighted by atomic mass is 16.2. The maximum Gasteiger partial charge on any atom is 0.268 e. The number of anilines is 1. The number of likely N-dealkylation sites (tertiary alicyclic amines) is 1. The molecule has 4 aromatic rings. The zero-order valence-corrected chi connectivity index (χ0v) is 30.6. The van der Waals surface area contributed by atoms with Gasteiger partial charge in [-0.1, -0.05) is 24.3 Å². The Bertz CT molecular complexity index is 1940. The number of carbonyl (C=O) groups is 3. The summed E-state index contributed by atoms with van der Waals surface area (Å²) in [6.07, 6.45) is 9.82. The molecule has 2 saturated carbocycles. The Kier molecular flexibility index (Phi) is 9.25. The van der Waals surface area contributed by atoms with E-state index < -0.39 is 0 Å². The molecule has 0 bridgehead atoms. The molecule has 2 aliphatic heterocycles. The van der Waals surface area contributed by atoms with Gasteiger partial charge in [-0.3, -0.25) is 24.0 Å². The van der Waals surface area contributed by atoms with Crippen LogP contribution in [0.4, 0.5) is 5.69 Å². The van der Waals surface area contributed by atoms with Crippen LogP contribution in [0.3, 0.4) is 0 Å². The van der Waals surface area contributed by atoms with Crippen LogP contribution in [0.25, 0.3) is 0 Å². The fourth-order valence-electron chi connectivity index (χ4n) is 8.58. The number of fused-ring (bicyclic) bond motifs is 2. The van der Waals surface area contributed by atoms with Crippen LogP contribution in [0, 0.1) is 6.92 Å². The smallest absolute Gasteiger partial charge is 0.268 e. The summed E-state index contributed by atoms with van der Waals surface area (Å²) < 4.78 is 4.26. The summed E-state index contributed by atoms with van der Waals surface area (Å²) in [4.78, 5) is 45.8. The van der Waals surface area contributed by atoms with E-state index in [1.807, 2.05) is 54.1 Å². The van der Waals surface area contributed by atoms with Gasteiger partial charge < -0.3 is 25.0 Å². The van der Waals surface area contributed by atoms with E-state index in [-0.39, 0.29) is 23.3 Å². The molecule has 11 nitrogen and oxygen atoms in total. The van der Waals surface area contributed by atoms with Crippen molar-refractivity contribution in [2.75, 3.05) is 39.0 Å². The van der Waals surface area contributed by atoms with Crippen molar-refractivity contribution in [3.63, 3.8) is 0 Å². The lowest BCUT2D eigenvalue weighted by atomic mass is 9.71. The zero-order valence-electron chi connectivity index (χ0n) is 30.6. The van der Waals surface area contributed by atoms with Gasteiger partial charge in [0.1, 0.15) is 5.69 Å². The van der Waals surface area contributed by atoms with Crippen molar-refractivity contribution in [3.05, 3.63) is 106 Å². The molecule has 1 spiro atoms. The van der Waals surface area contributed by atoms with E-state index in [0.29, 0.717) is 35.1 Å². The highest BCUT2D eigenvalue weighted by Crippen LogP contribution is 2.49. The van der Waals surface area contributed by atoms with Crippen LogP contribution in [0.5, 0.6) is 0 Å². The number of hydrogen-bond donors (Lipinski definition) is 2. The van der Waals surface area contributed by atoms with Crippen LogP contribution in [0.15, 0.2) is 66.9 Å². The van der Waals surface area contributed by atoms with Crippen molar-refractivity contribution in [1.82, 2.24) is 34.4 Å². The monoisotopic (exact) mass is 702 g/mol. The van der Waals surface area contributed by atoms with Gasteiger partial charge in [-0.15, -0.1) is 0 Å². The van der Waals surface area contributed by atoms with Gasteiger partial charge in [0.25, 0.3) is 17.7 Å². The molecule has 2 N–H and O–H groups in total. The fraction of sp³-hybridized carbons (Fsp3) is 0.463. The van der Waals surface area contributed by atoms with Crippen LogP contribution in [0.2, 0.25) is 0 Å². The summed E-state index contributed by atoms with van der Waals surface area (Å²) in [5.74, 6) is -0.234. The van der Waals surface area contributed by atoms with Crippen molar-refractivity contribution in [2.24, 2.45) is 0 Å². The van der Waals surface area contributed by atoms with Gasteiger partial charge in [0.2, 0.25) is 0 Å². The summed E-state index contributed by atoms with van der Waals surface area (Å²) >= 11 is 0. The summed E-state index contributed by atoms with van der Waals surface area (Å²) in [7, 11) is 3.54. The second-order valence-corrected chi connectivity index (χ2v) is 15.4. The lowest BCUT2D eigenvalue weighted by Gasteiger charge is -2.53. The lowest BCUT2D eigenvalue weighted by Crippen LogP contribution is -2.56. The average Bonchev–Trinajstić information content (AvgIpc) is 3.78. The second kappa shape index (κ2) is 14.0. The average molecular weight is 703 g/mol. The van der Waals surface area contributed by atoms with E-state index >= 15 is 0 Å². The molecule has 2 aliphatic carbocycles. The van der Waals surface area contributed by atoms with Gasteiger partial charge in [-0.05, 0) is 99.4 Å². The number of carbonyl (C=O) groups excluding carboxylic acids is 3. The van der Waals surface area contributed by atoms with Crippen LogP contribution >= 0.6 is 0 Å². The van der Waals surface area contributed by atoms with E-state index in [1.54, 1.807) is 25.2 Å². The van der Waals surface area contributed by atoms with Gasteiger partial charge in [-0.25, -0.2) is 0 Å². The number of rotatable bonds is 10. The first-order chi connectivity index (χ1) is 25.2. The molecule has 0 atom stereocenters. The lowest BCUT2D eigenvalue weighted by molar-refractivity contribution is -0.0217. The maximum atomic E-state index is 13.5. The van der Waals surface area contributed by atoms with Crippen LogP contribution in [-0.4, -0.2) is 86.5 Å². The molecule has 3 fully saturated rings. The molecule has 1 saturated heterocycles. The predicted octanol–water partition coefficient (Wildman–Crippen LogP) is 5.57. The number of piperidine rings is 1. The second-order valence-electron chi connectivity index (χ2n) is 15.4. The van der Waals surface area contributed by atoms with Crippen LogP contribution in [0.1, 0.15) is 105 Å². The zero-order chi connectivity index (χ0) is 36.0. The van der Waals surface area contributed by atoms with Crippen LogP contribution in [-0.2, 0) is 25.2 Å². The Labute approximate surface area is 305 Å². The van der Waals surface area contributed by atoms with E-state index in [4.69, 9.17) is 0 Å². The minimum Gasteiger partial charge on any atom is -0.347 e. The topological polar surface area (TPSA) is 108 Å². The van der Waals surface area contributed by atoms with Crippen molar-refractivity contribution < 1.29 is 14.4 Å². The minimum absolute atomic E-state index is 0.00809. The molecular formula is C41H50N8O3. The Hall–Kier alpha value is -4.74. The van der Waals surface area contributed by atoms with Gasteiger partial charge >= 0.3 is 0 Å². The normalized spacial score (nSPS) is 18.8. The standard InChI is InChI=1S/C41H50N8O3/c1-28-35(26-43-49(28)34-17-21-46(22-18-34)33-13-14-33)38(50)44-32-11-7-29(8-12-32)25-42-39(51)36-15-16-37-41(19-4-20-41)47(23-24-48(36)37)27-30-5-9-31(10-6-30)40(52)45(2)3/h5-12,15-16,26,33-34H,4,13-14,17-25,27H2,1-3H3,(H,42,51)(H,44,50). The third-order valence-electron chi connectivity index (χ3n) is 11.9. The Morgan fingerprint density at radius 2 is 1.54 bits per heavy atom. The number of hydrogen-bond acceptors (Lipinski definition) is 6. The highest BCUT2D eigenvalue weighted by molar-refractivity contribution is 6.05. The van der Waals surface area contributed by atoms with Crippen LogP contribution < -0.4 is 10.6 Å². The number of benzene rings is 2. The van der Waals surface area contributed by atoms with Gasteiger partial charge in [0.05, 0.1) is 23.3 Å². The maximum absolute atomic E-state index is 13.5. The van der Waals surface area contributed by atoms with Crippen molar-refractivity contribution in [3.8, 4) is 0 Å². The van der Waals surface area contributed by atoms with E-state index in [9.17, 15) is 14.4 Å². The Morgan fingerprint density at radius 1 is 0.827 bits per heavy atom. The summed E-state index contributed by atoms with van der Waals surface area (Å²) in [6.45, 7) is 7.00. The summed E-state index contributed by atoms with van der Waals surface area (Å²) in [6, 6.07) is 20.9. The highest BCUT2D eigenvalue weighted by Gasteiger charge is 2.48. The first kappa shape index (κ1) is 34.4. The summed E-state index contributed by atoms with van der Waals surface area (Å²) in [5.41, 5.74) is 6.91. The third kappa shape index (κ3) is 6.56. The van der Waals surface area contributed by atoms with Crippen molar-refractivity contribution in [2.45, 2.75) is 89.1 Å². The first-order valence-electron chi connectivity index (χ1n) is 18.9. The molecule has 0 radical (unpaired) electrons. The molecule has 0 unspecified atom stereocenters. The van der Waals surface area contributed by atoms with E-state index in [2.05, 4.69) is 48.3 Å². The van der Waals surface area contributed by atoms with E-state index in [0.717, 1.165) is 75.7 Å². The molecule has 11 heteroatoms. The molecule has 52 heavy (non-hydrogen) atoms. The first-order valence-corrected chi connectivity index (χ1v) is 18.9. The molecule has 272 valence electrons. The quantitative estimate of drug-likeness (QED) is 0.224. The Morgan fingerprint density at radius 3 is 2.19 bits per heavy atom. The molecule has 3 amide bonds. The molecular weight excluding hydrogens is 653 g/mol. The largest absolute Gasteiger partial charge is 0.347 e. The molecule has 2 aromatic heterocycles. The number of nitrogens with zero attached hydrogens (tertiary/aromatic N) is 6. The number of amides is 3. The third-order valence-corrected chi connectivity index (χ3v) is 11.9. The van der Waals surface area contributed by atoms with Gasteiger partial charge in [0, 0.05) is 82.0 Å². The Balaban J connectivity index is 0.857. The molecule has 8 rings (SSSR count). The molecule has 2 aromatic carbocycles. The summed E-state index contributed by atoms with van der Waals surface area (Å²) in [5, 5.41) is 10.8.